The molecule has 3 rings (SSSR count). The molecule has 2 N–H and O–H groups in total. The molecule has 0 aliphatic heterocycles. The zero-order valence-electron chi connectivity index (χ0n) is 14.6. The predicted octanol–water partition coefficient (Wildman–Crippen LogP) is 3.67. The topological polar surface area (TPSA) is 49.3 Å². The normalized spacial score (nSPS) is 16.3. The monoisotopic (exact) mass is 324 g/mol. The number of nitrogens with zero attached hydrogens (tertiary/aromatic N) is 2. The zero-order chi connectivity index (χ0) is 16.6. The quantitative estimate of drug-likeness (QED) is 0.652. The van der Waals surface area contributed by atoms with Crippen molar-refractivity contribution in [2.45, 2.75) is 51.5 Å². The standard InChI is InChI=1S/C20H28N4/c1-2-21-20(24-18-11-4-3-5-12-18)23-15-13-17-9-6-8-16-10-7-14-22-19(16)17/h6-10,14,18H,2-5,11-13,15H2,1H3,(H2,21,23,24). The largest absolute Gasteiger partial charge is 0.357 e. The predicted molar refractivity (Wildman–Crippen MR) is 101 cm³/mol. The molecule has 0 saturated heterocycles. The van der Waals surface area contributed by atoms with Crippen molar-refractivity contribution in [3.8, 4) is 0 Å². The highest BCUT2D eigenvalue weighted by Gasteiger charge is 2.14. The number of guanidine groups is 1. The number of hydrogen-bond acceptors (Lipinski definition) is 2. The second kappa shape index (κ2) is 8.67. The van der Waals surface area contributed by atoms with E-state index in [1.165, 1.54) is 43.1 Å². The maximum absolute atomic E-state index is 4.78. The van der Waals surface area contributed by atoms with Crippen molar-refractivity contribution in [3.63, 3.8) is 0 Å². The summed E-state index contributed by atoms with van der Waals surface area (Å²) in [5.74, 6) is 0.956. The van der Waals surface area contributed by atoms with Crippen molar-refractivity contribution >= 4 is 16.9 Å². The highest BCUT2D eigenvalue weighted by Crippen LogP contribution is 2.18. The summed E-state index contributed by atoms with van der Waals surface area (Å²) < 4.78 is 0. The van der Waals surface area contributed by atoms with Crippen molar-refractivity contribution in [2.24, 2.45) is 4.99 Å². The van der Waals surface area contributed by atoms with Gasteiger partial charge in [-0.25, -0.2) is 0 Å². The number of pyridine rings is 1. The van der Waals surface area contributed by atoms with Crippen LogP contribution >= 0.6 is 0 Å². The minimum atomic E-state index is 0.579. The Morgan fingerprint density at radius 1 is 1.17 bits per heavy atom. The van der Waals surface area contributed by atoms with Gasteiger partial charge in [0.05, 0.1) is 5.52 Å². The summed E-state index contributed by atoms with van der Waals surface area (Å²) in [5, 5.41) is 8.18. The summed E-state index contributed by atoms with van der Waals surface area (Å²) in [6.45, 7) is 3.79. The van der Waals surface area contributed by atoms with Gasteiger partial charge >= 0.3 is 0 Å². The van der Waals surface area contributed by atoms with E-state index in [0.717, 1.165) is 31.0 Å². The van der Waals surface area contributed by atoms with E-state index in [1.807, 2.05) is 12.3 Å². The number of para-hydroxylation sites is 1. The Morgan fingerprint density at radius 3 is 2.83 bits per heavy atom. The molecule has 0 unspecified atom stereocenters. The Bertz CT molecular complexity index is 669. The maximum Gasteiger partial charge on any atom is 0.191 e. The van der Waals surface area contributed by atoms with Crippen molar-refractivity contribution in [3.05, 3.63) is 42.1 Å². The van der Waals surface area contributed by atoms with Crippen LogP contribution in [0.5, 0.6) is 0 Å². The molecule has 0 spiro atoms. The third-order valence-electron chi connectivity index (χ3n) is 4.66. The van der Waals surface area contributed by atoms with Gasteiger partial charge < -0.3 is 10.6 Å². The number of benzene rings is 1. The summed E-state index contributed by atoms with van der Waals surface area (Å²) >= 11 is 0. The van der Waals surface area contributed by atoms with Crippen LogP contribution in [0.3, 0.4) is 0 Å². The molecular weight excluding hydrogens is 296 g/mol. The Kier molecular flexibility index (Phi) is 6.05. The Labute approximate surface area is 144 Å². The molecule has 1 aliphatic carbocycles. The number of aliphatic imine (C=N–C) groups is 1. The van der Waals surface area contributed by atoms with Crippen molar-refractivity contribution in [1.82, 2.24) is 15.6 Å². The first-order valence-electron chi connectivity index (χ1n) is 9.24. The van der Waals surface area contributed by atoms with Gasteiger partial charge in [-0.1, -0.05) is 43.5 Å². The molecule has 24 heavy (non-hydrogen) atoms. The first kappa shape index (κ1) is 16.7. The molecular formula is C20H28N4. The van der Waals surface area contributed by atoms with Crippen LogP contribution in [-0.2, 0) is 6.42 Å². The molecule has 1 heterocycles. The first-order chi connectivity index (χ1) is 11.9. The minimum absolute atomic E-state index is 0.579. The second-order valence-electron chi connectivity index (χ2n) is 6.48. The fourth-order valence-corrected chi connectivity index (χ4v) is 3.42. The number of aromatic nitrogens is 1. The van der Waals surface area contributed by atoms with E-state index >= 15 is 0 Å². The van der Waals surface area contributed by atoms with Gasteiger partial charge in [0.15, 0.2) is 5.96 Å². The van der Waals surface area contributed by atoms with Crippen LogP contribution in [0.2, 0.25) is 0 Å². The van der Waals surface area contributed by atoms with Crippen LogP contribution in [-0.4, -0.2) is 30.1 Å². The highest BCUT2D eigenvalue weighted by molar-refractivity contribution is 5.82. The third-order valence-corrected chi connectivity index (χ3v) is 4.66. The number of rotatable bonds is 5. The Morgan fingerprint density at radius 2 is 2.00 bits per heavy atom. The highest BCUT2D eigenvalue weighted by atomic mass is 15.2. The van der Waals surface area contributed by atoms with Crippen LogP contribution in [0.4, 0.5) is 0 Å². The molecule has 128 valence electrons. The van der Waals surface area contributed by atoms with Crippen LogP contribution in [0.15, 0.2) is 41.5 Å². The molecule has 0 atom stereocenters. The van der Waals surface area contributed by atoms with E-state index in [1.54, 1.807) is 0 Å². The maximum atomic E-state index is 4.78. The van der Waals surface area contributed by atoms with Crippen LogP contribution in [0.1, 0.15) is 44.6 Å². The van der Waals surface area contributed by atoms with Crippen molar-refractivity contribution in [2.75, 3.05) is 13.1 Å². The van der Waals surface area contributed by atoms with Crippen molar-refractivity contribution < 1.29 is 0 Å². The molecule has 4 nitrogen and oxygen atoms in total. The molecule has 2 aromatic rings. The molecule has 1 fully saturated rings. The summed E-state index contributed by atoms with van der Waals surface area (Å²) in [5.41, 5.74) is 2.37. The van der Waals surface area contributed by atoms with Gasteiger partial charge in [0.1, 0.15) is 0 Å². The van der Waals surface area contributed by atoms with Crippen LogP contribution in [0.25, 0.3) is 10.9 Å². The second-order valence-corrected chi connectivity index (χ2v) is 6.48. The van der Waals surface area contributed by atoms with Gasteiger partial charge in [-0.3, -0.25) is 9.98 Å². The zero-order valence-corrected chi connectivity index (χ0v) is 14.6. The summed E-state index contributed by atoms with van der Waals surface area (Å²) in [4.78, 5) is 9.31. The fourth-order valence-electron chi connectivity index (χ4n) is 3.42. The summed E-state index contributed by atoms with van der Waals surface area (Å²) in [6.07, 6.45) is 9.34. The molecule has 0 radical (unpaired) electrons. The van der Waals surface area contributed by atoms with Gasteiger partial charge in [0, 0.05) is 30.7 Å². The van der Waals surface area contributed by atoms with Gasteiger partial charge in [-0.2, -0.15) is 0 Å². The van der Waals surface area contributed by atoms with Gasteiger partial charge in [0.2, 0.25) is 0 Å². The lowest BCUT2D eigenvalue weighted by molar-refractivity contribution is 0.410. The number of hydrogen-bond donors (Lipinski definition) is 2. The van der Waals surface area contributed by atoms with Gasteiger partial charge in [0.25, 0.3) is 0 Å². The molecule has 1 saturated carbocycles. The van der Waals surface area contributed by atoms with E-state index in [9.17, 15) is 0 Å². The van der Waals surface area contributed by atoms with E-state index in [4.69, 9.17) is 4.99 Å². The van der Waals surface area contributed by atoms with E-state index < -0.39 is 0 Å². The first-order valence-corrected chi connectivity index (χ1v) is 9.24. The number of nitrogens with one attached hydrogen (secondary N) is 2. The molecule has 0 amide bonds. The van der Waals surface area contributed by atoms with Crippen LogP contribution < -0.4 is 10.6 Å². The van der Waals surface area contributed by atoms with Gasteiger partial charge in [-0.05, 0) is 37.8 Å². The van der Waals surface area contributed by atoms with Gasteiger partial charge in [-0.15, -0.1) is 0 Å². The lowest BCUT2D eigenvalue weighted by Crippen LogP contribution is -2.44. The summed E-state index contributed by atoms with van der Waals surface area (Å²) in [7, 11) is 0. The molecule has 1 aromatic carbocycles. The molecule has 4 heteroatoms. The lowest BCUT2D eigenvalue weighted by Gasteiger charge is -2.24. The van der Waals surface area contributed by atoms with Crippen molar-refractivity contribution in [1.29, 1.82) is 0 Å². The van der Waals surface area contributed by atoms with Crippen LogP contribution in [0, 0.1) is 0 Å². The Balaban J connectivity index is 1.63. The van der Waals surface area contributed by atoms with E-state index in [2.05, 4.69) is 46.8 Å². The molecule has 0 bridgehead atoms. The third kappa shape index (κ3) is 4.47. The van der Waals surface area contributed by atoms with E-state index in [0.29, 0.717) is 6.04 Å². The lowest BCUT2D eigenvalue weighted by atomic mass is 9.96. The SMILES string of the molecule is CCNC(=NCCc1cccc2cccnc12)NC1CCCCC1. The van der Waals surface area contributed by atoms with E-state index in [-0.39, 0.29) is 0 Å². The smallest absolute Gasteiger partial charge is 0.191 e. The average Bonchev–Trinajstić information content (AvgIpc) is 2.63. The average molecular weight is 324 g/mol. The minimum Gasteiger partial charge on any atom is -0.357 e. The number of fused-ring (bicyclic) bond motifs is 1. The molecule has 1 aliphatic rings. The fraction of sp³-hybridized carbons (Fsp3) is 0.500. The molecule has 1 aromatic heterocycles. The summed E-state index contributed by atoms with van der Waals surface area (Å²) in [6, 6.07) is 11.1. The Hall–Kier alpha value is -2.10.